The van der Waals surface area contributed by atoms with E-state index in [1.54, 1.807) is 0 Å². The maximum Gasteiger partial charge on any atom is 0.416 e. The highest BCUT2D eigenvalue weighted by molar-refractivity contribution is 8.00. The molecule has 0 aromatic heterocycles. The van der Waals surface area contributed by atoms with Crippen LogP contribution < -0.4 is 4.74 Å². The summed E-state index contributed by atoms with van der Waals surface area (Å²) in [4.78, 5) is 12.7. The Kier molecular flexibility index (Phi) is 4.14. The van der Waals surface area contributed by atoms with E-state index in [4.69, 9.17) is 4.74 Å². The Hall–Kier alpha value is -1.17. The van der Waals surface area contributed by atoms with Crippen LogP contribution in [0.3, 0.4) is 0 Å². The lowest BCUT2D eigenvalue weighted by atomic mass is 9.89. The number of methoxy groups -OCH3 is 1. The highest BCUT2D eigenvalue weighted by atomic mass is 32.2. The Morgan fingerprint density at radius 3 is 2.41 bits per heavy atom. The predicted molar refractivity (Wildman–Crippen MR) is 79.5 cm³/mol. The van der Waals surface area contributed by atoms with E-state index >= 15 is 0 Å². The van der Waals surface area contributed by atoms with Gasteiger partial charge in [-0.15, -0.1) is 0 Å². The Bertz CT molecular complexity index is 573. The summed E-state index contributed by atoms with van der Waals surface area (Å²) < 4.78 is 43.3. The van der Waals surface area contributed by atoms with Crippen molar-refractivity contribution in [1.29, 1.82) is 0 Å². The molecule has 6 heteroatoms. The summed E-state index contributed by atoms with van der Waals surface area (Å²) in [5.41, 5.74) is -0.521. The SMILES string of the molecule is COc1cc(C(F)(F)F)ccc1C(=O)C1CC2CCC(C1)S2. The quantitative estimate of drug-likeness (QED) is 0.759. The number of ketones is 1. The number of halogens is 3. The fourth-order valence-electron chi connectivity index (χ4n) is 3.36. The average molecular weight is 330 g/mol. The molecule has 2 atom stereocenters. The lowest BCUT2D eigenvalue weighted by Gasteiger charge is -2.26. The van der Waals surface area contributed by atoms with Crippen LogP contribution in [-0.2, 0) is 6.18 Å². The molecule has 0 aliphatic carbocycles. The standard InChI is InChI=1S/C16H17F3O2S/c1-21-14-8-10(16(17,18)19)2-5-13(14)15(20)9-6-11-3-4-12(7-9)22-11/h2,5,8-9,11-12H,3-4,6-7H2,1H3. The van der Waals surface area contributed by atoms with Gasteiger partial charge >= 0.3 is 6.18 Å². The van der Waals surface area contributed by atoms with Gasteiger partial charge in [0, 0.05) is 16.4 Å². The maximum atomic E-state index is 12.8. The molecule has 0 saturated carbocycles. The minimum Gasteiger partial charge on any atom is -0.496 e. The van der Waals surface area contributed by atoms with E-state index < -0.39 is 11.7 Å². The van der Waals surface area contributed by atoms with Gasteiger partial charge in [-0.2, -0.15) is 24.9 Å². The van der Waals surface area contributed by atoms with E-state index in [0.717, 1.165) is 37.8 Å². The third-order valence-electron chi connectivity index (χ3n) is 4.46. The van der Waals surface area contributed by atoms with Crippen molar-refractivity contribution in [1.82, 2.24) is 0 Å². The number of alkyl halides is 3. The van der Waals surface area contributed by atoms with Crippen LogP contribution in [-0.4, -0.2) is 23.4 Å². The van der Waals surface area contributed by atoms with Crippen LogP contribution in [0.1, 0.15) is 41.6 Å². The first kappa shape index (κ1) is 15.7. The molecule has 0 spiro atoms. The number of carbonyl (C=O) groups excluding carboxylic acids is 1. The lowest BCUT2D eigenvalue weighted by molar-refractivity contribution is -0.137. The van der Waals surface area contributed by atoms with Crippen LogP contribution in [0.25, 0.3) is 0 Å². The zero-order chi connectivity index (χ0) is 15.9. The molecule has 22 heavy (non-hydrogen) atoms. The second-order valence-corrected chi connectivity index (χ2v) is 7.51. The van der Waals surface area contributed by atoms with Gasteiger partial charge in [0.1, 0.15) is 5.75 Å². The van der Waals surface area contributed by atoms with Gasteiger partial charge < -0.3 is 4.74 Å². The van der Waals surface area contributed by atoms with E-state index in [-0.39, 0.29) is 23.0 Å². The molecule has 2 aliphatic heterocycles. The molecule has 120 valence electrons. The number of rotatable bonds is 3. The molecule has 2 bridgehead atoms. The molecule has 2 nitrogen and oxygen atoms in total. The Morgan fingerprint density at radius 1 is 1.23 bits per heavy atom. The molecule has 1 aromatic rings. The fourth-order valence-corrected chi connectivity index (χ4v) is 5.14. The van der Waals surface area contributed by atoms with Gasteiger partial charge in [-0.05, 0) is 43.9 Å². The summed E-state index contributed by atoms with van der Waals surface area (Å²) in [7, 11) is 1.30. The predicted octanol–water partition coefficient (Wildman–Crippen LogP) is 4.57. The molecule has 2 fully saturated rings. The molecule has 2 aliphatic rings. The van der Waals surface area contributed by atoms with Gasteiger partial charge in [0.15, 0.2) is 5.78 Å². The van der Waals surface area contributed by atoms with E-state index in [1.165, 1.54) is 13.2 Å². The zero-order valence-corrected chi connectivity index (χ0v) is 13.0. The minimum atomic E-state index is -4.44. The van der Waals surface area contributed by atoms with Crippen LogP contribution in [0.2, 0.25) is 0 Å². The summed E-state index contributed by atoms with van der Waals surface area (Å²) in [5, 5.41) is 1.04. The summed E-state index contributed by atoms with van der Waals surface area (Å²) in [6.07, 6.45) is -0.504. The zero-order valence-electron chi connectivity index (χ0n) is 12.2. The molecular formula is C16H17F3O2S. The molecule has 2 saturated heterocycles. The fraction of sp³-hybridized carbons (Fsp3) is 0.562. The van der Waals surface area contributed by atoms with E-state index in [1.807, 2.05) is 11.8 Å². The van der Waals surface area contributed by atoms with Crippen molar-refractivity contribution in [3.8, 4) is 5.75 Å². The number of fused-ring (bicyclic) bond motifs is 2. The minimum absolute atomic E-state index is 0.0189. The molecule has 0 amide bonds. The Balaban J connectivity index is 1.86. The van der Waals surface area contributed by atoms with Crippen molar-refractivity contribution >= 4 is 17.5 Å². The second-order valence-electron chi connectivity index (χ2n) is 5.90. The molecular weight excluding hydrogens is 313 g/mol. The summed E-state index contributed by atoms with van der Waals surface area (Å²) in [5.74, 6) is -0.155. The first-order valence-electron chi connectivity index (χ1n) is 7.33. The van der Waals surface area contributed by atoms with E-state index in [9.17, 15) is 18.0 Å². The average Bonchev–Trinajstić information content (AvgIpc) is 2.83. The van der Waals surface area contributed by atoms with Crippen molar-refractivity contribution in [3.05, 3.63) is 29.3 Å². The molecule has 3 rings (SSSR count). The third kappa shape index (κ3) is 2.98. The number of hydrogen-bond donors (Lipinski definition) is 0. The lowest BCUT2D eigenvalue weighted by Crippen LogP contribution is -2.25. The maximum absolute atomic E-state index is 12.8. The third-order valence-corrected chi connectivity index (χ3v) is 6.08. The highest BCUT2D eigenvalue weighted by Crippen LogP contribution is 2.47. The normalized spacial score (nSPS) is 27.7. The van der Waals surface area contributed by atoms with Crippen LogP contribution in [0, 0.1) is 5.92 Å². The Labute approximate surface area is 131 Å². The first-order chi connectivity index (χ1) is 10.4. The number of carbonyl (C=O) groups is 1. The highest BCUT2D eigenvalue weighted by Gasteiger charge is 2.39. The van der Waals surface area contributed by atoms with Crippen LogP contribution in [0.4, 0.5) is 13.2 Å². The van der Waals surface area contributed by atoms with Gasteiger partial charge in [-0.1, -0.05) is 0 Å². The van der Waals surface area contributed by atoms with Gasteiger partial charge in [-0.3, -0.25) is 4.79 Å². The summed E-state index contributed by atoms with van der Waals surface area (Å²) in [6, 6.07) is 3.13. The number of thioether (sulfide) groups is 1. The smallest absolute Gasteiger partial charge is 0.416 e. The van der Waals surface area contributed by atoms with Crippen LogP contribution >= 0.6 is 11.8 Å². The Morgan fingerprint density at radius 2 is 1.86 bits per heavy atom. The van der Waals surface area contributed by atoms with E-state index in [0.29, 0.717) is 10.5 Å². The molecule has 2 unspecified atom stereocenters. The second kappa shape index (κ2) is 5.80. The largest absolute Gasteiger partial charge is 0.496 e. The number of hydrogen-bond acceptors (Lipinski definition) is 3. The first-order valence-corrected chi connectivity index (χ1v) is 8.27. The van der Waals surface area contributed by atoms with Crippen molar-refractivity contribution < 1.29 is 22.7 Å². The van der Waals surface area contributed by atoms with Crippen LogP contribution in [0.15, 0.2) is 18.2 Å². The summed E-state index contributed by atoms with van der Waals surface area (Å²) in [6.45, 7) is 0. The van der Waals surface area contributed by atoms with E-state index in [2.05, 4.69) is 0 Å². The van der Waals surface area contributed by atoms with Gasteiger partial charge in [-0.25, -0.2) is 0 Å². The molecule has 0 N–H and O–H groups in total. The van der Waals surface area contributed by atoms with Crippen molar-refractivity contribution in [2.24, 2.45) is 5.92 Å². The van der Waals surface area contributed by atoms with Crippen molar-refractivity contribution in [2.45, 2.75) is 42.4 Å². The van der Waals surface area contributed by atoms with Crippen LogP contribution in [0.5, 0.6) is 5.75 Å². The molecule has 2 heterocycles. The van der Waals surface area contributed by atoms with Gasteiger partial charge in [0.2, 0.25) is 0 Å². The van der Waals surface area contributed by atoms with Gasteiger partial charge in [0.05, 0.1) is 18.2 Å². The topological polar surface area (TPSA) is 26.3 Å². The number of ether oxygens (including phenoxy) is 1. The molecule has 0 radical (unpaired) electrons. The van der Waals surface area contributed by atoms with Gasteiger partial charge in [0.25, 0.3) is 0 Å². The van der Waals surface area contributed by atoms with Crippen molar-refractivity contribution in [3.63, 3.8) is 0 Å². The number of benzene rings is 1. The van der Waals surface area contributed by atoms with Crippen molar-refractivity contribution in [2.75, 3.05) is 7.11 Å². The molecule has 1 aromatic carbocycles. The summed E-state index contributed by atoms with van der Waals surface area (Å²) >= 11 is 1.95. The number of Topliss-reactive ketones (excluding diaryl/α,β-unsaturated/α-hetero) is 1. The monoisotopic (exact) mass is 330 g/mol.